The molecule has 0 aliphatic rings. The number of esters is 1. The minimum Gasteiger partial charge on any atom is -0.466 e. The molecule has 3 nitrogen and oxygen atoms in total. The van der Waals surface area contributed by atoms with E-state index in [-0.39, 0.29) is 5.97 Å². The maximum absolute atomic E-state index is 10.3. The Bertz CT molecular complexity index is 115. The highest BCUT2D eigenvalue weighted by atomic mass is 16.5. The molecule has 0 atom stereocenters. The van der Waals surface area contributed by atoms with E-state index in [2.05, 4.69) is 0 Å². The van der Waals surface area contributed by atoms with E-state index < -0.39 is 0 Å². The average molecular weight is 173 g/mol. The van der Waals surface area contributed by atoms with Gasteiger partial charge in [0.2, 0.25) is 0 Å². The molecule has 0 rings (SSSR count). The van der Waals surface area contributed by atoms with Crippen LogP contribution in [0.2, 0.25) is 0 Å². The highest BCUT2D eigenvalue weighted by Crippen LogP contribution is 2.01. The Labute approximate surface area is 74.3 Å². The van der Waals surface area contributed by atoms with Gasteiger partial charge in [0, 0.05) is 6.92 Å². The fourth-order valence-electron chi connectivity index (χ4n) is 0.993. The van der Waals surface area contributed by atoms with Crippen LogP contribution in [0, 0.1) is 0 Å². The number of ether oxygens (including phenoxy) is 1. The minimum atomic E-state index is -0.183. The van der Waals surface area contributed by atoms with Crippen LogP contribution in [0.3, 0.4) is 0 Å². The van der Waals surface area contributed by atoms with E-state index in [1.165, 1.54) is 19.8 Å². The van der Waals surface area contributed by atoms with Gasteiger partial charge < -0.3 is 10.5 Å². The largest absolute Gasteiger partial charge is 0.466 e. The second-order valence-corrected chi connectivity index (χ2v) is 2.90. The van der Waals surface area contributed by atoms with Crippen LogP contribution in [0.1, 0.15) is 39.0 Å². The first-order valence-corrected chi connectivity index (χ1v) is 4.61. The van der Waals surface area contributed by atoms with Gasteiger partial charge in [-0.2, -0.15) is 0 Å². The summed E-state index contributed by atoms with van der Waals surface area (Å²) < 4.78 is 4.78. The van der Waals surface area contributed by atoms with E-state index in [1.54, 1.807) is 0 Å². The Hall–Kier alpha value is -0.570. The second kappa shape index (κ2) is 8.53. The number of nitrogens with two attached hydrogens (primary N) is 1. The summed E-state index contributed by atoms with van der Waals surface area (Å²) in [7, 11) is 0. The summed E-state index contributed by atoms with van der Waals surface area (Å²) in [6.45, 7) is 2.79. The fraction of sp³-hybridized carbons (Fsp3) is 0.889. The molecular weight excluding hydrogens is 154 g/mol. The molecule has 0 aliphatic heterocycles. The van der Waals surface area contributed by atoms with Gasteiger partial charge in [-0.1, -0.05) is 19.3 Å². The van der Waals surface area contributed by atoms with Crippen molar-refractivity contribution in [2.45, 2.75) is 39.0 Å². The molecule has 0 aromatic rings. The quantitative estimate of drug-likeness (QED) is 0.468. The lowest BCUT2D eigenvalue weighted by molar-refractivity contribution is -0.141. The zero-order valence-corrected chi connectivity index (χ0v) is 7.84. The summed E-state index contributed by atoms with van der Waals surface area (Å²) in [4.78, 5) is 10.3. The van der Waals surface area contributed by atoms with Crippen molar-refractivity contribution < 1.29 is 9.53 Å². The standard InChI is InChI=1S/C9H19NO2/c1-9(11)12-8-6-4-2-3-5-7-10/h2-8,10H2,1H3. The van der Waals surface area contributed by atoms with E-state index in [9.17, 15) is 4.79 Å². The lowest BCUT2D eigenvalue weighted by atomic mass is 10.1. The van der Waals surface area contributed by atoms with E-state index >= 15 is 0 Å². The van der Waals surface area contributed by atoms with Crippen molar-refractivity contribution in [3.05, 3.63) is 0 Å². The highest BCUT2D eigenvalue weighted by molar-refractivity contribution is 5.65. The van der Waals surface area contributed by atoms with Crippen LogP contribution in [0.15, 0.2) is 0 Å². The first-order chi connectivity index (χ1) is 5.77. The van der Waals surface area contributed by atoms with E-state index in [1.807, 2.05) is 0 Å². The lowest BCUT2D eigenvalue weighted by Gasteiger charge is -2.01. The lowest BCUT2D eigenvalue weighted by Crippen LogP contribution is -2.00. The zero-order valence-electron chi connectivity index (χ0n) is 7.84. The normalized spacial score (nSPS) is 9.83. The first-order valence-electron chi connectivity index (χ1n) is 4.61. The van der Waals surface area contributed by atoms with Gasteiger partial charge in [-0.25, -0.2) is 0 Å². The molecule has 0 radical (unpaired) electrons. The van der Waals surface area contributed by atoms with Gasteiger partial charge in [-0.05, 0) is 19.4 Å². The van der Waals surface area contributed by atoms with Crippen LogP contribution in [0.4, 0.5) is 0 Å². The summed E-state index contributed by atoms with van der Waals surface area (Å²) in [5, 5.41) is 0. The Morgan fingerprint density at radius 3 is 2.33 bits per heavy atom. The molecular formula is C9H19NO2. The van der Waals surface area contributed by atoms with Gasteiger partial charge >= 0.3 is 5.97 Å². The van der Waals surface area contributed by atoms with Gasteiger partial charge in [0.25, 0.3) is 0 Å². The molecule has 0 aliphatic carbocycles. The third kappa shape index (κ3) is 9.43. The van der Waals surface area contributed by atoms with Gasteiger partial charge in [0.1, 0.15) is 0 Å². The van der Waals surface area contributed by atoms with E-state index in [0.717, 1.165) is 25.8 Å². The molecule has 0 aromatic heterocycles. The molecule has 0 aromatic carbocycles. The molecule has 0 saturated heterocycles. The van der Waals surface area contributed by atoms with Crippen LogP contribution >= 0.6 is 0 Å². The number of hydrogen-bond donors (Lipinski definition) is 1. The third-order valence-corrected chi connectivity index (χ3v) is 1.65. The predicted molar refractivity (Wildman–Crippen MR) is 48.8 cm³/mol. The monoisotopic (exact) mass is 173 g/mol. The number of carbonyl (C=O) groups excluding carboxylic acids is 1. The Balaban J connectivity index is 2.86. The molecule has 3 heteroatoms. The molecule has 0 saturated carbocycles. The Morgan fingerprint density at radius 2 is 1.75 bits per heavy atom. The van der Waals surface area contributed by atoms with Gasteiger partial charge in [0.05, 0.1) is 6.61 Å². The number of rotatable bonds is 7. The van der Waals surface area contributed by atoms with Gasteiger partial charge in [-0.15, -0.1) is 0 Å². The summed E-state index contributed by atoms with van der Waals surface area (Å²) in [6.07, 6.45) is 5.60. The van der Waals surface area contributed by atoms with Crippen LogP contribution in [0.25, 0.3) is 0 Å². The van der Waals surface area contributed by atoms with Crippen molar-refractivity contribution in [3.63, 3.8) is 0 Å². The Kier molecular flexibility index (Phi) is 8.12. The first kappa shape index (κ1) is 11.4. The number of carbonyl (C=O) groups is 1. The molecule has 0 fully saturated rings. The number of unbranched alkanes of at least 4 members (excludes halogenated alkanes) is 4. The van der Waals surface area contributed by atoms with Crippen LogP contribution in [-0.4, -0.2) is 19.1 Å². The maximum atomic E-state index is 10.3. The summed E-state index contributed by atoms with van der Waals surface area (Å²) in [5.41, 5.74) is 5.34. The fourth-order valence-corrected chi connectivity index (χ4v) is 0.993. The molecule has 0 spiro atoms. The molecule has 0 bridgehead atoms. The van der Waals surface area contributed by atoms with Gasteiger partial charge in [0.15, 0.2) is 0 Å². The van der Waals surface area contributed by atoms with E-state index in [0.29, 0.717) is 6.61 Å². The molecule has 2 N–H and O–H groups in total. The van der Waals surface area contributed by atoms with Crippen molar-refractivity contribution in [1.29, 1.82) is 0 Å². The minimum absolute atomic E-state index is 0.183. The molecule has 12 heavy (non-hydrogen) atoms. The van der Waals surface area contributed by atoms with Gasteiger partial charge in [-0.3, -0.25) is 4.79 Å². The molecule has 0 heterocycles. The second-order valence-electron chi connectivity index (χ2n) is 2.90. The topological polar surface area (TPSA) is 52.3 Å². The van der Waals surface area contributed by atoms with E-state index in [4.69, 9.17) is 10.5 Å². The van der Waals surface area contributed by atoms with Crippen LogP contribution in [0.5, 0.6) is 0 Å². The van der Waals surface area contributed by atoms with Crippen molar-refractivity contribution in [1.82, 2.24) is 0 Å². The average Bonchev–Trinajstić information content (AvgIpc) is 2.02. The molecule has 0 amide bonds. The molecule has 72 valence electrons. The smallest absolute Gasteiger partial charge is 0.302 e. The summed E-state index contributed by atoms with van der Waals surface area (Å²) >= 11 is 0. The van der Waals surface area contributed by atoms with Crippen molar-refractivity contribution in [3.8, 4) is 0 Å². The third-order valence-electron chi connectivity index (χ3n) is 1.65. The molecule has 0 unspecified atom stereocenters. The van der Waals surface area contributed by atoms with Crippen LogP contribution in [-0.2, 0) is 9.53 Å². The predicted octanol–water partition coefficient (Wildman–Crippen LogP) is 1.46. The summed E-state index contributed by atoms with van der Waals surface area (Å²) in [5.74, 6) is -0.183. The SMILES string of the molecule is CC(=O)OCCCCCCCN. The summed E-state index contributed by atoms with van der Waals surface area (Å²) in [6, 6.07) is 0. The van der Waals surface area contributed by atoms with Crippen molar-refractivity contribution in [2.24, 2.45) is 5.73 Å². The van der Waals surface area contributed by atoms with Crippen molar-refractivity contribution >= 4 is 5.97 Å². The van der Waals surface area contributed by atoms with Crippen LogP contribution < -0.4 is 5.73 Å². The zero-order chi connectivity index (χ0) is 9.23. The maximum Gasteiger partial charge on any atom is 0.302 e. The Morgan fingerprint density at radius 1 is 1.17 bits per heavy atom. The highest BCUT2D eigenvalue weighted by Gasteiger charge is 1.92. The number of hydrogen-bond acceptors (Lipinski definition) is 3. The van der Waals surface area contributed by atoms with Crippen molar-refractivity contribution in [2.75, 3.05) is 13.2 Å².